The van der Waals surface area contributed by atoms with Crippen molar-refractivity contribution in [3.8, 4) is 10.6 Å². The highest BCUT2D eigenvalue weighted by molar-refractivity contribution is 7.19. The summed E-state index contributed by atoms with van der Waals surface area (Å²) in [5.41, 5.74) is 1.57. The van der Waals surface area contributed by atoms with Gasteiger partial charge in [-0.05, 0) is 37.2 Å². The Labute approximate surface area is 162 Å². The van der Waals surface area contributed by atoms with Crippen LogP contribution in [0.3, 0.4) is 0 Å². The number of hydrogen-bond acceptors (Lipinski definition) is 5. The van der Waals surface area contributed by atoms with Crippen molar-refractivity contribution < 1.29 is 4.79 Å². The van der Waals surface area contributed by atoms with Crippen LogP contribution in [0, 0.1) is 0 Å². The number of pyridine rings is 1. The Morgan fingerprint density at radius 3 is 2.69 bits per heavy atom. The molecule has 2 aliphatic rings. The molecule has 0 aliphatic carbocycles. The van der Waals surface area contributed by atoms with Crippen LogP contribution in [0.25, 0.3) is 10.6 Å². The van der Waals surface area contributed by atoms with Crippen molar-refractivity contribution >= 4 is 34.7 Å². The molecule has 1 unspecified atom stereocenters. The first-order valence-corrected chi connectivity index (χ1v) is 10.1. The Hall–Kier alpha value is -1.67. The molecule has 4 rings (SSSR count). The Morgan fingerprint density at radius 1 is 1.23 bits per heavy atom. The number of aromatic nitrogens is 1. The third-order valence-corrected chi connectivity index (χ3v) is 6.25. The second-order valence-electron chi connectivity index (χ2n) is 6.64. The van der Waals surface area contributed by atoms with Gasteiger partial charge in [0.05, 0.1) is 26.8 Å². The van der Waals surface area contributed by atoms with E-state index in [9.17, 15) is 4.79 Å². The number of urea groups is 1. The molecule has 0 spiro atoms. The first-order chi connectivity index (χ1) is 12.7. The van der Waals surface area contributed by atoms with Gasteiger partial charge in [-0.1, -0.05) is 11.6 Å². The summed E-state index contributed by atoms with van der Waals surface area (Å²) in [7, 11) is 0. The lowest BCUT2D eigenvalue weighted by Gasteiger charge is -2.37. The number of nitrogens with one attached hydrogen (secondary N) is 2. The maximum absolute atomic E-state index is 12.5. The van der Waals surface area contributed by atoms with Gasteiger partial charge in [-0.25, -0.2) is 4.79 Å². The van der Waals surface area contributed by atoms with Crippen molar-refractivity contribution in [3.63, 3.8) is 0 Å². The molecule has 1 atom stereocenters. The second kappa shape index (κ2) is 7.92. The zero-order valence-corrected chi connectivity index (χ0v) is 16.0. The van der Waals surface area contributed by atoms with Crippen molar-refractivity contribution in [3.05, 3.63) is 34.8 Å². The largest absolute Gasteiger partial charge is 0.322 e. The molecule has 0 aromatic carbocycles. The molecule has 2 aliphatic heterocycles. The molecule has 2 fully saturated rings. The minimum atomic E-state index is -0.0529. The van der Waals surface area contributed by atoms with Gasteiger partial charge in [-0.15, -0.1) is 11.3 Å². The van der Waals surface area contributed by atoms with Crippen molar-refractivity contribution in [2.75, 3.05) is 44.6 Å². The van der Waals surface area contributed by atoms with E-state index in [0.717, 1.165) is 54.2 Å². The molecule has 2 N–H and O–H groups in total. The molecule has 0 saturated carbocycles. The van der Waals surface area contributed by atoms with E-state index in [1.54, 1.807) is 6.20 Å². The number of rotatable bonds is 3. The summed E-state index contributed by atoms with van der Waals surface area (Å²) < 4.78 is 0.742. The zero-order valence-electron chi connectivity index (χ0n) is 14.4. The summed E-state index contributed by atoms with van der Waals surface area (Å²) >= 11 is 7.46. The van der Waals surface area contributed by atoms with Crippen LogP contribution in [0.1, 0.15) is 6.42 Å². The van der Waals surface area contributed by atoms with Crippen LogP contribution in [0.4, 0.5) is 10.5 Å². The highest BCUT2D eigenvalue weighted by Crippen LogP contribution is 2.30. The van der Waals surface area contributed by atoms with E-state index in [0.29, 0.717) is 11.7 Å². The van der Waals surface area contributed by atoms with E-state index in [4.69, 9.17) is 11.6 Å². The summed E-state index contributed by atoms with van der Waals surface area (Å²) in [6.45, 7) is 5.58. The van der Waals surface area contributed by atoms with E-state index < -0.39 is 0 Å². The molecule has 0 bridgehead atoms. The average molecular weight is 392 g/mol. The van der Waals surface area contributed by atoms with Gasteiger partial charge >= 0.3 is 6.03 Å². The number of halogens is 1. The van der Waals surface area contributed by atoms with Crippen molar-refractivity contribution in [1.29, 1.82) is 0 Å². The molecule has 2 aromatic rings. The van der Waals surface area contributed by atoms with E-state index in [-0.39, 0.29) is 6.03 Å². The number of nitrogens with zero attached hydrogens (tertiary/aromatic N) is 3. The van der Waals surface area contributed by atoms with Gasteiger partial charge in [-0.2, -0.15) is 0 Å². The van der Waals surface area contributed by atoms with Crippen molar-refractivity contribution in [2.24, 2.45) is 0 Å². The van der Waals surface area contributed by atoms with Crippen LogP contribution in [0.2, 0.25) is 4.34 Å². The molecule has 26 heavy (non-hydrogen) atoms. The molecule has 0 radical (unpaired) electrons. The van der Waals surface area contributed by atoms with Crippen molar-refractivity contribution in [1.82, 2.24) is 20.1 Å². The smallest absolute Gasteiger partial charge is 0.321 e. The lowest BCUT2D eigenvalue weighted by atomic mass is 10.2. The highest BCUT2D eigenvalue weighted by Gasteiger charge is 2.27. The minimum absolute atomic E-state index is 0.0529. The molecule has 2 saturated heterocycles. The summed E-state index contributed by atoms with van der Waals surface area (Å²) in [6.07, 6.45) is 2.90. The first-order valence-electron chi connectivity index (χ1n) is 8.91. The molecule has 8 heteroatoms. The maximum atomic E-state index is 12.5. The fourth-order valence-corrected chi connectivity index (χ4v) is 4.53. The van der Waals surface area contributed by atoms with Crippen LogP contribution >= 0.6 is 22.9 Å². The lowest BCUT2D eigenvalue weighted by Crippen LogP contribution is -2.53. The molecular weight excluding hydrogens is 370 g/mol. The van der Waals surface area contributed by atoms with Gasteiger partial charge in [0, 0.05) is 38.8 Å². The Balaban J connectivity index is 1.30. The van der Waals surface area contributed by atoms with Gasteiger partial charge < -0.3 is 15.5 Å². The SMILES string of the molecule is O=C(Nc1ccc(-c2ccc(Cl)s2)nc1)N1CCN(C2CCNC2)CC1. The van der Waals surface area contributed by atoms with Gasteiger partial charge in [-0.3, -0.25) is 9.88 Å². The summed E-state index contributed by atoms with van der Waals surface area (Å²) in [6, 6.07) is 8.18. The van der Waals surface area contributed by atoms with Crippen molar-refractivity contribution in [2.45, 2.75) is 12.5 Å². The lowest BCUT2D eigenvalue weighted by molar-refractivity contribution is 0.119. The third-order valence-electron chi connectivity index (χ3n) is 4.99. The van der Waals surface area contributed by atoms with Gasteiger partial charge in [0.25, 0.3) is 0 Å². The molecule has 138 valence electrons. The van der Waals surface area contributed by atoms with Crippen LogP contribution < -0.4 is 10.6 Å². The molecule has 2 amide bonds. The molecule has 2 aromatic heterocycles. The minimum Gasteiger partial charge on any atom is -0.322 e. The second-order valence-corrected chi connectivity index (χ2v) is 8.35. The Morgan fingerprint density at radius 2 is 2.08 bits per heavy atom. The number of hydrogen-bond donors (Lipinski definition) is 2. The average Bonchev–Trinajstić information content (AvgIpc) is 3.34. The quantitative estimate of drug-likeness (QED) is 0.844. The van der Waals surface area contributed by atoms with Crippen LogP contribution in [0.15, 0.2) is 30.5 Å². The topological polar surface area (TPSA) is 60.5 Å². The molecule has 6 nitrogen and oxygen atoms in total. The monoisotopic (exact) mass is 391 g/mol. The predicted molar refractivity (Wildman–Crippen MR) is 106 cm³/mol. The number of carbonyl (C=O) groups is 1. The molecule has 4 heterocycles. The highest BCUT2D eigenvalue weighted by atomic mass is 35.5. The maximum Gasteiger partial charge on any atom is 0.321 e. The van der Waals surface area contributed by atoms with E-state index >= 15 is 0 Å². The Bertz CT molecular complexity index is 751. The number of amides is 2. The predicted octanol–water partition coefficient (Wildman–Crippen LogP) is 2.97. The number of piperazine rings is 1. The number of anilines is 1. The van der Waals surface area contributed by atoms with Gasteiger partial charge in [0.2, 0.25) is 0 Å². The van der Waals surface area contributed by atoms with Crippen LogP contribution in [-0.2, 0) is 0 Å². The van der Waals surface area contributed by atoms with E-state index in [1.807, 2.05) is 29.2 Å². The summed E-state index contributed by atoms with van der Waals surface area (Å²) in [5, 5.41) is 6.36. The summed E-state index contributed by atoms with van der Waals surface area (Å²) in [4.78, 5) is 22.3. The van der Waals surface area contributed by atoms with E-state index in [1.165, 1.54) is 17.8 Å². The Kier molecular flexibility index (Phi) is 5.40. The standard InChI is InChI=1S/C18H22ClN5OS/c19-17-4-3-16(26-17)15-2-1-13(11-21-15)22-18(25)24-9-7-23(8-10-24)14-5-6-20-12-14/h1-4,11,14,20H,5-10,12H2,(H,22,25). The first kappa shape index (κ1) is 17.7. The zero-order chi connectivity index (χ0) is 17.9. The number of thiophene rings is 1. The fraction of sp³-hybridized carbons (Fsp3) is 0.444. The van der Waals surface area contributed by atoms with Gasteiger partial charge in [0.1, 0.15) is 0 Å². The van der Waals surface area contributed by atoms with Crippen LogP contribution in [0.5, 0.6) is 0 Å². The van der Waals surface area contributed by atoms with Gasteiger partial charge in [0.15, 0.2) is 0 Å². The normalized spacial score (nSPS) is 21.1. The van der Waals surface area contributed by atoms with E-state index in [2.05, 4.69) is 20.5 Å². The fourth-order valence-electron chi connectivity index (χ4n) is 3.51. The summed E-state index contributed by atoms with van der Waals surface area (Å²) in [5.74, 6) is 0. The third kappa shape index (κ3) is 4.01. The van der Waals surface area contributed by atoms with Crippen LogP contribution in [-0.4, -0.2) is 66.1 Å². The number of carbonyl (C=O) groups excluding carboxylic acids is 1. The molecular formula is C18H22ClN5OS.